The molecule has 3 rings (SSSR count). The number of carbonyl (C=O) groups is 1. The van der Waals surface area contributed by atoms with Gasteiger partial charge in [-0.15, -0.1) is 0 Å². The molecule has 134 valence electrons. The number of amides is 1. The molecule has 0 saturated carbocycles. The molecule has 1 aromatic carbocycles. The Morgan fingerprint density at radius 1 is 1.12 bits per heavy atom. The first-order valence-corrected chi connectivity index (χ1v) is 8.16. The molecule has 0 aliphatic heterocycles. The first-order chi connectivity index (χ1) is 12.5. The Hall–Kier alpha value is -2.80. The van der Waals surface area contributed by atoms with Gasteiger partial charge in [-0.2, -0.15) is 13.9 Å². The van der Waals surface area contributed by atoms with E-state index in [1.54, 1.807) is 30.6 Å². The molecule has 0 aliphatic carbocycles. The van der Waals surface area contributed by atoms with Crippen LogP contribution in [0.2, 0.25) is 5.02 Å². The third-order valence-corrected chi connectivity index (χ3v) is 3.95. The van der Waals surface area contributed by atoms with Crippen molar-refractivity contribution in [3.8, 4) is 0 Å². The van der Waals surface area contributed by atoms with E-state index in [-0.39, 0.29) is 18.8 Å². The van der Waals surface area contributed by atoms with E-state index in [2.05, 4.69) is 10.1 Å². The third-order valence-electron chi connectivity index (χ3n) is 3.70. The topological polar surface area (TPSA) is 51.0 Å². The minimum absolute atomic E-state index is 0.0387. The van der Waals surface area contributed by atoms with Crippen molar-refractivity contribution >= 4 is 17.5 Å². The molecule has 2 aromatic heterocycles. The molecular weight excluding hydrogens is 362 g/mol. The smallest absolute Gasteiger partial charge is 0.329 e. The van der Waals surface area contributed by atoms with Crippen molar-refractivity contribution in [2.24, 2.45) is 0 Å². The van der Waals surface area contributed by atoms with Crippen LogP contribution in [0.15, 0.2) is 61.1 Å². The van der Waals surface area contributed by atoms with Crippen LogP contribution in [0.5, 0.6) is 0 Å². The Labute approximate surface area is 153 Å². The van der Waals surface area contributed by atoms with Crippen molar-refractivity contribution in [1.82, 2.24) is 19.7 Å². The van der Waals surface area contributed by atoms with E-state index in [0.29, 0.717) is 9.70 Å². The Morgan fingerprint density at radius 3 is 2.46 bits per heavy atom. The number of carbonyl (C=O) groups excluding carboxylic acids is 1. The number of hydrogen-bond donors (Lipinski definition) is 0. The summed E-state index contributed by atoms with van der Waals surface area (Å²) in [5, 5.41) is 4.26. The number of hydrogen-bond acceptors (Lipinski definition) is 3. The fraction of sp³-hybridized carbons (Fsp3) is 0.167. The monoisotopic (exact) mass is 376 g/mol. The van der Waals surface area contributed by atoms with E-state index in [4.69, 9.17) is 11.6 Å². The van der Waals surface area contributed by atoms with Gasteiger partial charge in [0.05, 0.1) is 0 Å². The lowest BCUT2D eigenvalue weighted by Crippen LogP contribution is -2.30. The quantitative estimate of drug-likeness (QED) is 0.648. The maximum atomic E-state index is 12.8. The summed E-state index contributed by atoms with van der Waals surface area (Å²) in [7, 11) is 0. The molecule has 26 heavy (non-hydrogen) atoms. The second-order valence-corrected chi connectivity index (χ2v) is 6.04. The maximum Gasteiger partial charge on any atom is 0.333 e. The standard InChI is InChI=1S/C18H15ClF2N4O/c19-15-5-3-13(4-6-15)11-24(12-14-2-1-8-22-10-14)17(26)16-7-9-25(23-16)18(20)21/h1-10,18H,11-12H2. The van der Waals surface area contributed by atoms with Crippen LogP contribution in [0, 0.1) is 0 Å². The largest absolute Gasteiger partial charge is 0.333 e. The minimum atomic E-state index is -2.79. The van der Waals surface area contributed by atoms with Crippen LogP contribution >= 0.6 is 11.6 Å². The molecule has 0 bridgehead atoms. The Balaban J connectivity index is 1.85. The predicted molar refractivity (Wildman–Crippen MR) is 92.7 cm³/mol. The molecular formula is C18H15ClF2N4O. The van der Waals surface area contributed by atoms with E-state index < -0.39 is 12.5 Å². The number of nitrogens with zero attached hydrogens (tertiary/aromatic N) is 4. The summed E-state index contributed by atoms with van der Waals surface area (Å²) in [6.45, 7) is -2.23. The van der Waals surface area contributed by atoms with Gasteiger partial charge in [-0.1, -0.05) is 29.8 Å². The van der Waals surface area contributed by atoms with E-state index in [0.717, 1.165) is 17.3 Å². The lowest BCUT2D eigenvalue weighted by Gasteiger charge is -2.22. The second-order valence-electron chi connectivity index (χ2n) is 5.61. The van der Waals surface area contributed by atoms with Crippen LogP contribution in [0.25, 0.3) is 0 Å². The van der Waals surface area contributed by atoms with Crippen molar-refractivity contribution in [2.75, 3.05) is 0 Å². The molecule has 0 aliphatic rings. The van der Waals surface area contributed by atoms with Crippen molar-refractivity contribution in [3.05, 3.63) is 82.9 Å². The van der Waals surface area contributed by atoms with Gasteiger partial charge in [0.1, 0.15) is 0 Å². The van der Waals surface area contributed by atoms with Gasteiger partial charge in [-0.25, -0.2) is 4.68 Å². The van der Waals surface area contributed by atoms with Crippen molar-refractivity contribution in [1.29, 1.82) is 0 Å². The summed E-state index contributed by atoms with van der Waals surface area (Å²) >= 11 is 5.90. The van der Waals surface area contributed by atoms with Gasteiger partial charge in [-0.3, -0.25) is 9.78 Å². The van der Waals surface area contributed by atoms with Crippen LogP contribution in [-0.4, -0.2) is 25.6 Å². The summed E-state index contributed by atoms with van der Waals surface area (Å²) in [4.78, 5) is 18.4. The van der Waals surface area contributed by atoms with Gasteiger partial charge < -0.3 is 4.90 Å². The molecule has 5 nitrogen and oxygen atoms in total. The molecule has 0 N–H and O–H groups in total. The zero-order chi connectivity index (χ0) is 18.5. The van der Waals surface area contributed by atoms with Crippen LogP contribution in [0.3, 0.4) is 0 Å². The zero-order valence-corrected chi connectivity index (χ0v) is 14.4. The molecule has 2 heterocycles. The second kappa shape index (κ2) is 8.05. The predicted octanol–water partition coefficient (Wildman–Crippen LogP) is 4.17. The fourth-order valence-electron chi connectivity index (χ4n) is 2.44. The van der Waals surface area contributed by atoms with E-state index >= 15 is 0 Å². The third kappa shape index (κ3) is 4.43. The average Bonchev–Trinajstić information content (AvgIpc) is 3.14. The number of aromatic nitrogens is 3. The molecule has 3 aromatic rings. The molecule has 0 radical (unpaired) electrons. The molecule has 0 saturated heterocycles. The highest BCUT2D eigenvalue weighted by molar-refractivity contribution is 6.30. The van der Waals surface area contributed by atoms with Crippen LogP contribution in [-0.2, 0) is 13.1 Å². The molecule has 1 amide bonds. The van der Waals surface area contributed by atoms with Crippen LogP contribution in [0.1, 0.15) is 28.2 Å². The van der Waals surface area contributed by atoms with Gasteiger partial charge in [0.2, 0.25) is 0 Å². The number of alkyl halides is 2. The molecule has 8 heteroatoms. The van der Waals surface area contributed by atoms with Crippen LogP contribution < -0.4 is 0 Å². The number of rotatable bonds is 6. The summed E-state index contributed by atoms with van der Waals surface area (Å²) in [5.74, 6) is -0.441. The fourth-order valence-corrected chi connectivity index (χ4v) is 2.57. The van der Waals surface area contributed by atoms with Crippen molar-refractivity contribution in [3.63, 3.8) is 0 Å². The zero-order valence-electron chi connectivity index (χ0n) is 13.6. The summed E-state index contributed by atoms with van der Waals surface area (Å²) in [5.41, 5.74) is 1.64. The van der Waals surface area contributed by atoms with Crippen molar-refractivity contribution < 1.29 is 13.6 Å². The van der Waals surface area contributed by atoms with Crippen LogP contribution in [0.4, 0.5) is 8.78 Å². The highest BCUT2D eigenvalue weighted by Gasteiger charge is 2.20. The van der Waals surface area contributed by atoms with Gasteiger partial charge in [0.25, 0.3) is 5.91 Å². The van der Waals surface area contributed by atoms with E-state index in [1.807, 2.05) is 18.2 Å². The average molecular weight is 377 g/mol. The van der Waals surface area contributed by atoms with E-state index in [1.165, 1.54) is 11.0 Å². The lowest BCUT2D eigenvalue weighted by molar-refractivity contribution is 0.0549. The molecule has 0 unspecified atom stereocenters. The first kappa shape index (κ1) is 18.0. The number of benzene rings is 1. The highest BCUT2D eigenvalue weighted by Crippen LogP contribution is 2.16. The normalized spacial score (nSPS) is 10.9. The minimum Gasteiger partial charge on any atom is -0.329 e. The van der Waals surface area contributed by atoms with Crippen molar-refractivity contribution in [2.45, 2.75) is 19.6 Å². The highest BCUT2D eigenvalue weighted by atomic mass is 35.5. The summed E-state index contributed by atoms with van der Waals surface area (Å²) in [6, 6.07) is 12.0. The lowest BCUT2D eigenvalue weighted by atomic mass is 10.2. The Morgan fingerprint density at radius 2 is 1.85 bits per heavy atom. The SMILES string of the molecule is O=C(c1ccn(C(F)F)n1)N(Cc1ccc(Cl)cc1)Cc1cccnc1. The van der Waals surface area contributed by atoms with Gasteiger partial charge >= 0.3 is 6.55 Å². The Kier molecular flexibility index (Phi) is 5.58. The number of pyridine rings is 1. The Bertz CT molecular complexity index is 868. The summed E-state index contributed by atoms with van der Waals surface area (Å²) in [6.07, 6.45) is 4.38. The van der Waals surface area contributed by atoms with Gasteiger partial charge in [0.15, 0.2) is 5.69 Å². The maximum absolute atomic E-state index is 12.8. The first-order valence-electron chi connectivity index (χ1n) is 7.79. The molecule has 0 spiro atoms. The summed E-state index contributed by atoms with van der Waals surface area (Å²) < 4.78 is 25.9. The van der Waals surface area contributed by atoms with Gasteiger partial charge in [-0.05, 0) is 35.4 Å². The molecule has 0 atom stereocenters. The van der Waals surface area contributed by atoms with E-state index in [9.17, 15) is 13.6 Å². The molecule has 0 fully saturated rings. The van der Waals surface area contributed by atoms with Gasteiger partial charge in [0, 0.05) is 36.7 Å². The number of halogens is 3.